The molecule has 32 heavy (non-hydrogen) atoms. The molecule has 0 aliphatic carbocycles. The number of imidazole rings is 1. The van der Waals surface area contributed by atoms with Gasteiger partial charge < -0.3 is 4.57 Å². The van der Waals surface area contributed by atoms with E-state index in [1.165, 1.54) is 5.56 Å². The van der Waals surface area contributed by atoms with Gasteiger partial charge >= 0.3 is 0 Å². The summed E-state index contributed by atoms with van der Waals surface area (Å²) in [5, 5.41) is 14.3. The summed E-state index contributed by atoms with van der Waals surface area (Å²) >= 11 is 0. The molecule has 1 radical (unpaired) electrons. The number of tetrazole rings is 1. The molecule has 0 atom stereocenters. The molecule has 155 valence electrons. The fourth-order valence-electron chi connectivity index (χ4n) is 3.95. The number of hydrogen-bond donors (Lipinski definition) is 1. The molecule has 0 aliphatic rings. The van der Waals surface area contributed by atoms with E-state index in [2.05, 4.69) is 74.4 Å². The number of H-pyrrole nitrogens is 1. The number of benzene rings is 2. The minimum Gasteiger partial charge on any atom is -0.308 e. The number of pyridine rings is 1. The SMILES string of the molecule is CCCc1nc2c(C)ccnc2n1Cc1ccc(-c2ccccc2-c2nnn[nH]2)cc1.[K]. The Balaban J connectivity index is 0.00000245. The van der Waals surface area contributed by atoms with E-state index in [0.717, 1.165) is 58.6 Å². The summed E-state index contributed by atoms with van der Waals surface area (Å²) in [5.41, 5.74) is 7.51. The minimum atomic E-state index is 0. The van der Waals surface area contributed by atoms with E-state index < -0.39 is 0 Å². The van der Waals surface area contributed by atoms with Crippen LogP contribution in [0, 0.1) is 6.92 Å². The Labute approximate surface area is 229 Å². The Morgan fingerprint density at radius 2 is 1.75 bits per heavy atom. The molecule has 1 N–H and O–H groups in total. The van der Waals surface area contributed by atoms with Gasteiger partial charge in [-0.15, -0.1) is 5.10 Å². The predicted octanol–water partition coefficient (Wildman–Crippen LogP) is 4.21. The summed E-state index contributed by atoms with van der Waals surface area (Å²) in [6.45, 7) is 5.02. The molecule has 8 heteroatoms. The smallest absolute Gasteiger partial charge is 0.180 e. The van der Waals surface area contributed by atoms with E-state index in [1.807, 2.05) is 30.5 Å². The van der Waals surface area contributed by atoms with Crippen LogP contribution in [0.25, 0.3) is 33.7 Å². The Hall–Kier alpha value is -2.23. The number of rotatable bonds is 6. The first kappa shape index (κ1) is 22.9. The van der Waals surface area contributed by atoms with Gasteiger partial charge in [0.1, 0.15) is 11.3 Å². The van der Waals surface area contributed by atoms with Crippen LogP contribution in [0.4, 0.5) is 0 Å². The first-order valence-corrected chi connectivity index (χ1v) is 10.5. The summed E-state index contributed by atoms with van der Waals surface area (Å²) < 4.78 is 2.25. The normalized spacial score (nSPS) is 10.9. The molecular weight excluding hydrogens is 425 g/mol. The number of aromatic nitrogens is 7. The number of nitrogens with one attached hydrogen (secondary N) is 1. The Kier molecular flexibility index (Phi) is 7.27. The minimum absolute atomic E-state index is 0. The molecule has 3 heterocycles. The quantitative estimate of drug-likeness (QED) is 0.393. The molecule has 0 amide bonds. The summed E-state index contributed by atoms with van der Waals surface area (Å²) in [7, 11) is 0. The van der Waals surface area contributed by atoms with Crippen LogP contribution in [-0.4, -0.2) is 86.5 Å². The molecule has 0 unspecified atom stereocenters. The van der Waals surface area contributed by atoms with Gasteiger partial charge in [0.15, 0.2) is 11.5 Å². The molecule has 0 saturated carbocycles. The largest absolute Gasteiger partial charge is 0.308 e. The number of fused-ring (bicyclic) bond motifs is 1. The van der Waals surface area contributed by atoms with Gasteiger partial charge in [-0.2, -0.15) is 0 Å². The topological polar surface area (TPSA) is 85.2 Å². The van der Waals surface area contributed by atoms with Crippen LogP contribution in [0.15, 0.2) is 60.8 Å². The van der Waals surface area contributed by atoms with Crippen molar-refractivity contribution in [2.75, 3.05) is 0 Å². The molecule has 2 aromatic carbocycles. The fourth-order valence-corrected chi connectivity index (χ4v) is 3.95. The van der Waals surface area contributed by atoms with Crippen molar-refractivity contribution in [3.05, 3.63) is 77.7 Å². The number of aryl methyl sites for hydroxylation is 2. The van der Waals surface area contributed by atoms with Crippen molar-refractivity contribution in [3.8, 4) is 22.5 Å². The van der Waals surface area contributed by atoms with Gasteiger partial charge in [0.2, 0.25) is 0 Å². The Morgan fingerprint density at radius 3 is 2.47 bits per heavy atom. The number of nitrogens with zero attached hydrogens (tertiary/aromatic N) is 6. The average Bonchev–Trinajstić information content (AvgIpc) is 3.45. The van der Waals surface area contributed by atoms with Gasteiger partial charge in [0.25, 0.3) is 0 Å². The monoisotopic (exact) mass is 448 g/mol. The zero-order chi connectivity index (χ0) is 21.2. The molecule has 0 bridgehead atoms. The summed E-state index contributed by atoms with van der Waals surface area (Å²) in [4.78, 5) is 9.51. The van der Waals surface area contributed by atoms with Crippen LogP contribution < -0.4 is 0 Å². The second-order valence-electron chi connectivity index (χ2n) is 7.66. The van der Waals surface area contributed by atoms with Crippen molar-refractivity contribution in [1.29, 1.82) is 0 Å². The van der Waals surface area contributed by atoms with Crippen molar-refractivity contribution < 1.29 is 0 Å². The van der Waals surface area contributed by atoms with Gasteiger partial charge in [-0.05, 0) is 52.1 Å². The summed E-state index contributed by atoms with van der Waals surface area (Å²) in [6, 6.07) is 18.8. The number of aromatic amines is 1. The van der Waals surface area contributed by atoms with Crippen molar-refractivity contribution in [2.45, 2.75) is 33.2 Å². The van der Waals surface area contributed by atoms with E-state index in [9.17, 15) is 0 Å². The van der Waals surface area contributed by atoms with Crippen LogP contribution in [-0.2, 0) is 13.0 Å². The van der Waals surface area contributed by atoms with Crippen LogP contribution in [0.5, 0.6) is 0 Å². The van der Waals surface area contributed by atoms with E-state index in [1.54, 1.807) is 0 Å². The summed E-state index contributed by atoms with van der Waals surface area (Å²) in [6.07, 6.45) is 3.85. The second-order valence-corrected chi connectivity index (χ2v) is 7.66. The van der Waals surface area contributed by atoms with Crippen molar-refractivity contribution in [3.63, 3.8) is 0 Å². The van der Waals surface area contributed by atoms with E-state index >= 15 is 0 Å². The molecule has 3 aromatic heterocycles. The van der Waals surface area contributed by atoms with Crippen LogP contribution in [0.3, 0.4) is 0 Å². The van der Waals surface area contributed by atoms with E-state index in [-0.39, 0.29) is 51.4 Å². The molecule has 7 nitrogen and oxygen atoms in total. The summed E-state index contributed by atoms with van der Waals surface area (Å²) in [5.74, 6) is 1.75. The molecular formula is C24H23KN7. The molecule has 0 spiro atoms. The zero-order valence-electron chi connectivity index (χ0n) is 18.6. The standard InChI is InChI=1S/C24H23N7.K/c1-3-6-21-26-22-16(2)13-14-25-24(22)31(21)15-17-9-11-18(12-10-17)19-7-4-5-8-20(19)23-27-29-30-28-23;/h4-5,7-14H,3,6,15H2,1-2H3,(H,27,28,29,30);. The molecule has 5 aromatic rings. The van der Waals surface area contributed by atoms with Crippen molar-refractivity contribution >= 4 is 62.5 Å². The average molecular weight is 449 g/mol. The van der Waals surface area contributed by atoms with E-state index in [0.29, 0.717) is 5.82 Å². The van der Waals surface area contributed by atoms with Crippen LogP contribution >= 0.6 is 0 Å². The first-order valence-electron chi connectivity index (χ1n) is 10.5. The molecule has 5 rings (SSSR count). The van der Waals surface area contributed by atoms with Gasteiger partial charge in [-0.1, -0.05) is 55.5 Å². The third-order valence-electron chi connectivity index (χ3n) is 5.52. The van der Waals surface area contributed by atoms with Gasteiger partial charge in [0.05, 0.1) is 6.54 Å². The second kappa shape index (κ2) is 10.1. The third-order valence-corrected chi connectivity index (χ3v) is 5.52. The fraction of sp³-hybridized carbons (Fsp3) is 0.208. The molecule has 0 saturated heterocycles. The van der Waals surface area contributed by atoms with E-state index in [4.69, 9.17) is 4.98 Å². The third kappa shape index (κ3) is 4.46. The molecule has 0 fully saturated rings. The number of hydrogen-bond acceptors (Lipinski definition) is 5. The molecule has 0 aliphatic heterocycles. The predicted molar refractivity (Wildman–Crippen MR) is 126 cm³/mol. The maximum Gasteiger partial charge on any atom is 0.180 e. The Bertz CT molecular complexity index is 1320. The van der Waals surface area contributed by atoms with Gasteiger partial charge in [-0.3, -0.25) is 0 Å². The first-order chi connectivity index (χ1) is 15.2. The van der Waals surface area contributed by atoms with Crippen molar-refractivity contribution in [2.24, 2.45) is 0 Å². The van der Waals surface area contributed by atoms with Gasteiger partial charge in [0, 0.05) is 69.6 Å². The van der Waals surface area contributed by atoms with Gasteiger partial charge in [-0.25, -0.2) is 15.1 Å². The van der Waals surface area contributed by atoms with Crippen LogP contribution in [0.1, 0.15) is 30.3 Å². The zero-order valence-corrected chi connectivity index (χ0v) is 21.7. The van der Waals surface area contributed by atoms with Crippen LogP contribution in [0.2, 0.25) is 0 Å². The maximum atomic E-state index is 4.88. The maximum absolute atomic E-state index is 4.88. The van der Waals surface area contributed by atoms with Crippen molar-refractivity contribution in [1.82, 2.24) is 35.2 Å². The Morgan fingerprint density at radius 1 is 0.969 bits per heavy atom.